The minimum absolute atomic E-state index is 0.102. The first-order chi connectivity index (χ1) is 9.02. The van der Waals surface area contributed by atoms with Gasteiger partial charge in [-0.1, -0.05) is 6.92 Å². The van der Waals surface area contributed by atoms with E-state index < -0.39 is 5.54 Å². The van der Waals surface area contributed by atoms with Gasteiger partial charge in [-0.25, -0.2) is 0 Å². The smallest absolute Gasteiger partial charge is 0.326 e. The van der Waals surface area contributed by atoms with E-state index in [1.165, 1.54) is 26.5 Å². The molecule has 4 nitrogen and oxygen atoms in total. The molecule has 19 heavy (non-hydrogen) atoms. The summed E-state index contributed by atoms with van der Waals surface area (Å²) in [7, 11) is 3.36. The molecule has 0 aromatic heterocycles. The highest BCUT2D eigenvalue weighted by Crippen LogP contribution is 2.37. The molecule has 4 unspecified atom stereocenters. The Morgan fingerprint density at radius 3 is 2.68 bits per heavy atom. The number of hydrogen-bond donors (Lipinski definition) is 1. The van der Waals surface area contributed by atoms with Crippen molar-refractivity contribution in [2.75, 3.05) is 20.7 Å². The fourth-order valence-corrected chi connectivity index (χ4v) is 3.84. The highest BCUT2D eigenvalue weighted by Gasteiger charge is 2.47. The monoisotopic (exact) mass is 268 g/mol. The molecular weight excluding hydrogens is 240 g/mol. The van der Waals surface area contributed by atoms with Gasteiger partial charge in [-0.2, -0.15) is 0 Å². The number of nitrogens with one attached hydrogen (secondary N) is 1. The zero-order valence-electron chi connectivity index (χ0n) is 12.7. The summed E-state index contributed by atoms with van der Waals surface area (Å²) in [5.74, 6) is 0.675. The van der Waals surface area contributed by atoms with E-state index in [4.69, 9.17) is 4.74 Å². The van der Waals surface area contributed by atoms with E-state index in [1.807, 2.05) is 7.05 Å². The van der Waals surface area contributed by atoms with Gasteiger partial charge in [0.25, 0.3) is 0 Å². The Kier molecular flexibility index (Phi) is 4.51. The summed E-state index contributed by atoms with van der Waals surface area (Å²) in [5.41, 5.74) is -0.459. The molecule has 0 spiro atoms. The summed E-state index contributed by atoms with van der Waals surface area (Å²) in [4.78, 5) is 14.7. The molecule has 1 saturated heterocycles. The third-order valence-electron chi connectivity index (χ3n) is 5.18. The Balaban J connectivity index is 2.06. The van der Waals surface area contributed by atoms with Gasteiger partial charge in [-0.05, 0) is 52.0 Å². The summed E-state index contributed by atoms with van der Waals surface area (Å²) in [6, 6.07) is 1.16. The van der Waals surface area contributed by atoms with Crippen LogP contribution < -0.4 is 5.32 Å². The van der Waals surface area contributed by atoms with E-state index in [2.05, 4.69) is 24.1 Å². The van der Waals surface area contributed by atoms with Gasteiger partial charge in [0.2, 0.25) is 0 Å². The standard InChI is InChI=1S/C15H28N2O2/c1-11-5-6-12(2)17(10-11)13-7-8-15(9-13,16-3)14(18)19-4/h11-13,16H,5-10H2,1-4H3. The van der Waals surface area contributed by atoms with Gasteiger partial charge >= 0.3 is 5.97 Å². The minimum atomic E-state index is -0.459. The van der Waals surface area contributed by atoms with Crippen molar-refractivity contribution in [3.8, 4) is 0 Å². The molecule has 1 aliphatic heterocycles. The van der Waals surface area contributed by atoms with Crippen LogP contribution in [0.2, 0.25) is 0 Å². The van der Waals surface area contributed by atoms with Gasteiger partial charge in [-0.15, -0.1) is 0 Å². The number of piperidine rings is 1. The lowest BCUT2D eigenvalue weighted by atomic mass is 9.92. The number of likely N-dealkylation sites (tertiary alicyclic amines) is 1. The predicted molar refractivity (Wildman–Crippen MR) is 76.0 cm³/mol. The molecule has 2 aliphatic rings. The average molecular weight is 268 g/mol. The summed E-state index contributed by atoms with van der Waals surface area (Å²) in [5, 5.41) is 3.22. The van der Waals surface area contributed by atoms with Crippen molar-refractivity contribution in [2.24, 2.45) is 5.92 Å². The summed E-state index contributed by atoms with van der Waals surface area (Å²) in [6.07, 6.45) is 5.47. The van der Waals surface area contributed by atoms with Crippen LogP contribution in [-0.2, 0) is 9.53 Å². The number of methoxy groups -OCH3 is 1. The molecule has 1 heterocycles. The maximum Gasteiger partial charge on any atom is 0.326 e. The Morgan fingerprint density at radius 2 is 2.05 bits per heavy atom. The van der Waals surface area contributed by atoms with Gasteiger partial charge in [0, 0.05) is 18.6 Å². The van der Waals surface area contributed by atoms with Crippen molar-refractivity contribution < 1.29 is 9.53 Å². The highest BCUT2D eigenvalue weighted by molar-refractivity contribution is 5.81. The third-order valence-corrected chi connectivity index (χ3v) is 5.18. The second-order valence-corrected chi connectivity index (χ2v) is 6.45. The Labute approximate surface area is 116 Å². The molecule has 2 fully saturated rings. The first-order valence-corrected chi connectivity index (χ1v) is 7.55. The molecular formula is C15H28N2O2. The maximum atomic E-state index is 12.0. The zero-order chi connectivity index (χ0) is 14.0. The van der Waals surface area contributed by atoms with Gasteiger partial charge in [-0.3, -0.25) is 9.69 Å². The minimum Gasteiger partial charge on any atom is -0.468 e. The van der Waals surface area contributed by atoms with Crippen LogP contribution in [0.3, 0.4) is 0 Å². The highest BCUT2D eigenvalue weighted by atomic mass is 16.5. The number of likely N-dealkylation sites (N-methyl/N-ethyl adjacent to an activating group) is 1. The van der Waals surface area contributed by atoms with Crippen LogP contribution in [0.25, 0.3) is 0 Å². The number of hydrogen-bond acceptors (Lipinski definition) is 4. The molecule has 110 valence electrons. The largest absolute Gasteiger partial charge is 0.468 e. The van der Waals surface area contributed by atoms with Crippen molar-refractivity contribution >= 4 is 5.97 Å². The van der Waals surface area contributed by atoms with Crippen LogP contribution in [0.4, 0.5) is 0 Å². The van der Waals surface area contributed by atoms with Crippen molar-refractivity contribution in [3.63, 3.8) is 0 Å². The molecule has 4 atom stereocenters. The molecule has 1 aliphatic carbocycles. The lowest BCUT2D eigenvalue weighted by Gasteiger charge is -2.41. The quantitative estimate of drug-likeness (QED) is 0.792. The molecule has 1 saturated carbocycles. The number of nitrogens with zero attached hydrogens (tertiary/aromatic N) is 1. The van der Waals surface area contributed by atoms with Crippen molar-refractivity contribution in [1.82, 2.24) is 10.2 Å². The average Bonchev–Trinajstić information content (AvgIpc) is 2.86. The lowest BCUT2D eigenvalue weighted by Crippen LogP contribution is -2.52. The van der Waals surface area contributed by atoms with E-state index >= 15 is 0 Å². The van der Waals surface area contributed by atoms with Crippen LogP contribution in [0, 0.1) is 5.92 Å². The molecule has 0 amide bonds. The Hall–Kier alpha value is -0.610. The van der Waals surface area contributed by atoms with E-state index in [0.29, 0.717) is 12.1 Å². The van der Waals surface area contributed by atoms with Crippen LogP contribution in [0.5, 0.6) is 0 Å². The molecule has 0 aromatic carbocycles. The van der Waals surface area contributed by atoms with Crippen LogP contribution in [-0.4, -0.2) is 49.2 Å². The fourth-order valence-electron chi connectivity index (χ4n) is 3.84. The van der Waals surface area contributed by atoms with Gasteiger partial charge in [0.05, 0.1) is 7.11 Å². The predicted octanol–water partition coefficient (Wildman–Crippen LogP) is 1.79. The van der Waals surface area contributed by atoms with Crippen LogP contribution in [0.15, 0.2) is 0 Å². The molecule has 0 aromatic rings. The van der Waals surface area contributed by atoms with E-state index in [0.717, 1.165) is 25.2 Å². The summed E-state index contributed by atoms with van der Waals surface area (Å²) >= 11 is 0. The van der Waals surface area contributed by atoms with Crippen LogP contribution >= 0.6 is 0 Å². The van der Waals surface area contributed by atoms with Crippen molar-refractivity contribution in [1.29, 1.82) is 0 Å². The van der Waals surface area contributed by atoms with E-state index in [1.54, 1.807) is 0 Å². The first-order valence-electron chi connectivity index (χ1n) is 7.55. The zero-order valence-corrected chi connectivity index (χ0v) is 12.7. The molecule has 0 radical (unpaired) electrons. The fraction of sp³-hybridized carbons (Fsp3) is 0.933. The number of rotatable bonds is 3. The Morgan fingerprint density at radius 1 is 1.32 bits per heavy atom. The van der Waals surface area contributed by atoms with E-state index in [-0.39, 0.29) is 5.97 Å². The normalized spacial score (nSPS) is 40.3. The van der Waals surface area contributed by atoms with Gasteiger partial charge in [0.1, 0.15) is 5.54 Å². The molecule has 2 rings (SSSR count). The summed E-state index contributed by atoms with van der Waals surface area (Å²) < 4.78 is 4.99. The molecule has 4 heteroatoms. The second kappa shape index (κ2) is 5.80. The van der Waals surface area contributed by atoms with Crippen molar-refractivity contribution in [3.05, 3.63) is 0 Å². The topological polar surface area (TPSA) is 41.6 Å². The number of esters is 1. The number of ether oxygens (including phenoxy) is 1. The number of carbonyl (C=O) groups is 1. The SMILES string of the molecule is CNC1(C(=O)OC)CCC(N2CC(C)CCC2C)C1. The maximum absolute atomic E-state index is 12.0. The van der Waals surface area contributed by atoms with Gasteiger partial charge in [0.15, 0.2) is 0 Å². The molecule has 1 N–H and O–H groups in total. The number of carbonyl (C=O) groups excluding carboxylic acids is 1. The first kappa shape index (κ1) is 14.8. The lowest BCUT2D eigenvalue weighted by molar-refractivity contribution is -0.148. The van der Waals surface area contributed by atoms with Gasteiger partial charge < -0.3 is 10.1 Å². The van der Waals surface area contributed by atoms with Crippen molar-refractivity contribution in [2.45, 2.75) is 63.6 Å². The molecule has 0 bridgehead atoms. The summed E-state index contributed by atoms with van der Waals surface area (Å²) in [6.45, 7) is 5.83. The third kappa shape index (κ3) is 2.79. The second-order valence-electron chi connectivity index (χ2n) is 6.45. The van der Waals surface area contributed by atoms with Crippen LogP contribution in [0.1, 0.15) is 46.0 Å². The Bertz CT molecular complexity index is 334. The van der Waals surface area contributed by atoms with E-state index in [9.17, 15) is 4.79 Å².